The van der Waals surface area contributed by atoms with Crippen LogP contribution in [0.15, 0.2) is 27.0 Å². The van der Waals surface area contributed by atoms with Gasteiger partial charge in [0.2, 0.25) is 10.3 Å². The SMILES string of the molecule is Cn1nnnc1SCC1=C(C(=O)S)N2C(=O)[C@@H](NC(=O)/C(=N\O)c3csc(N)n3)[C@H]2SC1. The minimum Gasteiger partial charge on any atom is -0.410 e. The number of hydrogen-bond acceptors (Lipinski definition) is 13. The smallest absolute Gasteiger partial charge is 0.276 e. The maximum atomic E-state index is 12.8. The fourth-order valence-electron chi connectivity index (χ4n) is 3.11. The highest BCUT2D eigenvalue weighted by atomic mass is 32.2. The van der Waals surface area contributed by atoms with E-state index in [9.17, 15) is 19.6 Å². The third-order valence-electron chi connectivity index (χ3n) is 4.57. The topological polar surface area (TPSA) is 182 Å². The Labute approximate surface area is 198 Å². The quantitative estimate of drug-likeness (QED) is 0.0920. The zero-order chi connectivity index (χ0) is 23.0. The van der Waals surface area contributed by atoms with E-state index in [1.807, 2.05) is 0 Å². The minimum atomic E-state index is -0.903. The van der Waals surface area contributed by atoms with Crippen LogP contribution in [0.5, 0.6) is 0 Å². The van der Waals surface area contributed by atoms with Crippen LogP contribution in [0.25, 0.3) is 0 Å². The van der Waals surface area contributed by atoms with Crippen LogP contribution in [0, 0.1) is 0 Å². The van der Waals surface area contributed by atoms with E-state index in [2.05, 4.69) is 43.6 Å². The maximum absolute atomic E-state index is 12.8. The number of thiol groups is 1. The summed E-state index contributed by atoms with van der Waals surface area (Å²) in [4.78, 5) is 42.9. The Morgan fingerprint density at radius 3 is 2.88 bits per heavy atom. The number of tetrazole rings is 1. The van der Waals surface area contributed by atoms with E-state index in [4.69, 9.17) is 5.73 Å². The van der Waals surface area contributed by atoms with Gasteiger partial charge in [-0.25, -0.2) is 9.67 Å². The Morgan fingerprint density at radius 1 is 1.50 bits per heavy atom. The lowest BCUT2D eigenvalue weighted by Gasteiger charge is -2.49. The monoisotopic (exact) mass is 513 g/mol. The van der Waals surface area contributed by atoms with Gasteiger partial charge in [-0.1, -0.05) is 29.5 Å². The van der Waals surface area contributed by atoms with Gasteiger partial charge < -0.3 is 16.3 Å². The number of oxime groups is 1. The van der Waals surface area contributed by atoms with Gasteiger partial charge in [-0.2, -0.15) is 0 Å². The molecular weight excluding hydrogens is 498 g/mol. The van der Waals surface area contributed by atoms with Gasteiger partial charge in [0.1, 0.15) is 22.8 Å². The number of carbonyl (C=O) groups excluding carboxylic acids is 3. The number of aryl methyl sites for hydroxylation is 1. The normalized spacial score (nSPS) is 20.8. The number of nitrogens with two attached hydrogens (primary N) is 1. The molecule has 2 atom stereocenters. The van der Waals surface area contributed by atoms with Crippen molar-refractivity contribution in [2.24, 2.45) is 12.2 Å². The Kier molecular flexibility index (Phi) is 6.40. The Morgan fingerprint density at radius 2 is 2.28 bits per heavy atom. The second-order valence-corrected chi connectivity index (χ2v) is 9.85. The van der Waals surface area contributed by atoms with Crippen LogP contribution in [-0.4, -0.2) is 80.9 Å². The molecule has 2 amide bonds. The molecule has 4 rings (SSSR count). The van der Waals surface area contributed by atoms with Gasteiger partial charge in [0.05, 0.1) is 0 Å². The number of anilines is 1. The first-order valence-electron chi connectivity index (χ1n) is 8.81. The highest BCUT2D eigenvalue weighted by molar-refractivity contribution is 8.01. The van der Waals surface area contributed by atoms with Crippen LogP contribution >= 0.6 is 47.5 Å². The summed E-state index contributed by atoms with van der Waals surface area (Å²) in [7, 11) is 1.70. The number of aromatic nitrogens is 5. The molecule has 13 nitrogen and oxygen atoms in total. The van der Waals surface area contributed by atoms with E-state index >= 15 is 0 Å². The number of fused-ring (bicyclic) bond motifs is 1. The predicted octanol–water partition coefficient (Wildman–Crippen LogP) is -0.670. The molecule has 2 aromatic heterocycles. The molecule has 0 aromatic carbocycles. The van der Waals surface area contributed by atoms with E-state index in [1.54, 1.807) is 7.05 Å². The summed E-state index contributed by atoms with van der Waals surface area (Å²) in [6.07, 6.45) is 0. The van der Waals surface area contributed by atoms with E-state index in [-0.39, 0.29) is 22.2 Å². The molecule has 32 heavy (non-hydrogen) atoms. The number of thiazole rings is 1. The van der Waals surface area contributed by atoms with Crippen molar-refractivity contribution in [1.82, 2.24) is 35.4 Å². The number of nitrogens with one attached hydrogen (secondary N) is 1. The van der Waals surface area contributed by atoms with Crippen LogP contribution < -0.4 is 11.1 Å². The Bertz CT molecular complexity index is 1160. The summed E-state index contributed by atoms with van der Waals surface area (Å²) in [5.41, 5.74) is 6.20. The van der Waals surface area contributed by atoms with Gasteiger partial charge in [0.15, 0.2) is 10.8 Å². The van der Waals surface area contributed by atoms with Crippen LogP contribution in [0.3, 0.4) is 0 Å². The number of thioether (sulfide) groups is 2. The van der Waals surface area contributed by atoms with Gasteiger partial charge in [-0.05, 0) is 16.0 Å². The number of amides is 2. The molecule has 2 aliphatic heterocycles. The lowest BCUT2D eigenvalue weighted by Crippen LogP contribution is -2.71. The largest absolute Gasteiger partial charge is 0.410 e. The number of nitrogen functional groups attached to an aromatic ring is 1. The summed E-state index contributed by atoms with van der Waals surface area (Å²) in [5, 5.41) is 27.2. The average Bonchev–Trinajstić information content (AvgIpc) is 3.37. The number of hydrogen-bond donors (Lipinski definition) is 4. The molecule has 0 aliphatic carbocycles. The van der Waals surface area contributed by atoms with Crippen molar-refractivity contribution in [3.05, 3.63) is 22.3 Å². The standard InChI is InChI=1S/C15H15N9O4S4/c1-23-15(19-21-22-23)32-3-5-2-30-12-8(11(26)24(12)9(5)13(27)29)18-10(25)7(20-28)6-4-31-14(16)17-6/h4,8,12,28H,2-3H2,1H3,(H2,16,17)(H,18,25)(H,27,29)/b20-7-/t8-,12-/m1/s1. The first-order valence-corrected chi connectivity index (χ1v) is 12.2. The molecule has 0 radical (unpaired) electrons. The van der Waals surface area contributed by atoms with Crippen molar-refractivity contribution >= 4 is 75.3 Å². The van der Waals surface area contributed by atoms with Gasteiger partial charge in [-0.15, -0.1) is 28.2 Å². The van der Waals surface area contributed by atoms with E-state index in [0.29, 0.717) is 22.2 Å². The molecule has 0 bridgehead atoms. The molecule has 2 aromatic rings. The third-order valence-corrected chi connectivity index (χ3v) is 7.90. The van der Waals surface area contributed by atoms with Crippen molar-refractivity contribution in [2.45, 2.75) is 16.6 Å². The molecule has 1 fully saturated rings. The lowest BCUT2D eigenvalue weighted by atomic mass is 10.0. The van der Waals surface area contributed by atoms with Crippen LogP contribution in [-0.2, 0) is 21.4 Å². The second-order valence-electron chi connectivity index (χ2n) is 6.51. The van der Waals surface area contributed by atoms with Gasteiger partial charge in [0, 0.05) is 23.9 Å². The molecule has 4 N–H and O–H groups in total. The fourth-order valence-corrected chi connectivity index (χ4v) is 6.26. The molecule has 0 saturated carbocycles. The zero-order valence-electron chi connectivity index (χ0n) is 16.2. The summed E-state index contributed by atoms with van der Waals surface area (Å²) >= 11 is 7.75. The van der Waals surface area contributed by atoms with Crippen molar-refractivity contribution in [3.8, 4) is 0 Å². The number of rotatable bonds is 7. The Hall–Kier alpha value is -2.63. The van der Waals surface area contributed by atoms with Crippen LogP contribution in [0.2, 0.25) is 0 Å². The van der Waals surface area contributed by atoms with E-state index < -0.39 is 28.3 Å². The predicted molar refractivity (Wildman–Crippen MR) is 120 cm³/mol. The van der Waals surface area contributed by atoms with Crippen molar-refractivity contribution in [3.63, 3.8) is 0 Å². The minimum absolute atomic E-state index is 0.0936. The fraction of sp³-hybridized carbons (Fsp3) is 0.333. The molecule has 17 heteroatoms. The maximum Gasteiger partial charge on any atom is 0.276 e. The van der Waals surface area contributed by atoms with Crippen molar-refractivity contribution in [1.29, 1.82) is 0 Å². The molecule has 0 spiro atoms. The van der Waals surface area contributed by atoms with Crippen molar-refractivity contribution < 1.29 is 19.6 Å². The molecule has 1 saturated heterocycles. The first kappa shape index (κ1) is 22.6. The van der Waals surface area contributed by atoms with E-state index in [0.717, 1.165) is 11.3 Å². The van der Waals surface area contributed by atoms with Gasteiger partial charge >= 0.3 is 0 Å². The number of carbonyl (C=O) groups is 3. The summed E-state index contributed by atoms with van der Waals surface area (Å²) < 4.78 is 1.50. The average molecular weight is 514 g/mol. The first-order chi connectivity index (χ1) is 15.3. The molecule has 168 valence electrons. The number of β-lactam (4-membered cyclic amide) rings is 1. The van der Waals surface area contributed by atoms with Gasteiger partial charge in [-0.3, -0.25) is 19.3 Å². The van der Waals surface area contributed by atoms with Gasteiger partial charge in [0.25, 0.3) is 11.8 Å². The molecular formula is C15H15N9O4S4. The number of nitrogens with zero attached hydrogens (tertiary/aromatic N) is 7. The summed E-state index contributed by atoms with van der Waals surface area (Å²) in [6.45, 7) is 0. The third kappa shape index (κ3) is 4.07. The van der Waals surface area contributed by atoms with Crippen LogP contribution in [0.4, 0.5) is 5.13 Å². The van der Waals surface area contributed by atoms with E-state index in [1.165, 1.54) is 38.5 Å². The highest BCUT2D eigenvalue weighted by Crippen LogP contribution is 2.42. The van der Waals surface area contributed by atoms with Crippen molar-refractivity contribution in [2.75, 3.05) is 17.2 Å². The highest BCUT2D eigenvalue weighted by Gasteiger charge is 2.53. The second kappa shape index (κ2) is 9.08. The van der Waals surface area contributed by atoms with Crippen LogP contribution in [0.1, 0.15) is 5.69 Å². The molecule has 4 heterocycles. The summed E-state index contributed by atoms with van der Waals surface area (Å²) in [5.74, 6) is -0.408. The zero-order valence-corrected chi connectivity index (χ0v) is 19.5. The molecule has 2 aliphatic rings. The summed E-state index contributed by atoms with van der Waals surface area (Å²) in [6, 6.07) is -0.903. The molecule has 0 unspecified atom stereocenters. The lowest BCUT2D eigenvalue weighted by molar-refractivity contribution is -0.146. The Balaban J connectivity index is 1.48.